The molecule has 0 N–H and O–H groups in total. The Bertz CT molecular complexity index is 1170. The number of benzene rings is 1. The molecule has 0 atom stereocenters. The lowest BCUT2D eigenvalue weighted by Gasteiger charge is -2.06. The average Bonchev–Trinajstić information content (AvgIpc) is 3.00. The lowest BCUT2D eigenvalue weighted by Crippen LogP contribution is -1.88. The molecule has 4 heteroatoms. The van der Waals surface area contributed by atoms with Gasteiger partial charge in [0, 0.05) is 29.5 Å². The highest BCUT2D eigenvalue weighted by Crippen LogP contribution is 2.35. The van der Waals surface area contributed by atoms with Crippen molar-refractivity contribution >= 4 is 33.0 Å². The van der Waals surface area contributed by atoms with Crippen molar-refractivity contribution in [3.8, 4) is 11.3 Å². The minimum Gasteiger partial charge on any atom is -0.436 e. The summed E-state index contributed by atoms with van der Waals surface area (Å²) < 4.78 is 5.83. The third-order valence-electron chi connectivity index (χ3n) is 4.06. The average molecular weight is 297 g/mol. The van der Waals surface area contributed by atoms with E-state index < -0.39 is 0 Å². The molecular formula is C19H11N3O. The molecule has 0 aliphatic heterocycles. The first-order chi connectivity index (χ1) is 11.4. The fraction of sp³-hybridized carbons (Fsp3) is 0. The van der Waals surface area contributed by atoms with Crippen LogP contribution >= 0.6 is 0 Å². The lowest BCUT2D eigenvalue weighted by molar-refractivity contribution is 0.653. The normalized spacial score (nSPS) is 11.5. The standard InChI is InChI=1S/C19H11N3O/c1-2-5-13-12(4-1)7-10-21-17(13)14-8-11-22-19-16(14)18-15(23-19)6-3-9-20-18/h1-11H. The van der Waals surface area contributed by atoms with Crippen LogP contribution in [0.1, 0.15) is 0 Å². The van der Waals surface area contributed by atoms with Crippen molar-refractivity contribution in [3.63, 3.8) is 0 Å². The van der Waals surface area contributed by atoms with Gasteiger partial charge in [0.15, 0.2) is 5.58 Å². The van der Waals surface area contributed by atoms with Gasteiger partial charge in [-0.05, 0) is 29.7 Å². The molecule has 4 nitrogen and oxygen atoms in total. The van der Waals surface area contributed by atoms with E-state index in [2.05, 4.69) is 27.1 Å². The maximum atomic E-state index is 5.83. The molecule has 0 unspecified atom stereocenters. The van der Waals surface area contributed by atoms with Crippen LogP contribution in [0.4, 0.5) is 0 Å². The highest BCUT2D eigenvalue weighted by molar-refractivity contribution is 6.11. The fourth-order valence-corrected chi connectivity index (χ4v) is 3.05. The first kappa shape index (κ1) is 12.3. The number of nitrogens with zero attached hydrogens (tertiary/aromatic N) is 3. The van der Waals surface area contributed by atoms with Crippen LogP contribution in [0.15, 0.2) is 71.5 Å². The van der Waals surface area contributed by atoms with E-state index in [1.807, 2.05) is 42.6 Å². The van der Waals surface area contributed by atoms with E-state index in [-0.39, 0.29) is 0 Å². The molecule has 4 aromatic heterocycles. The zero-order valence-corrected chi connectivity index (χ0v) is 12.1. The van der Waals surface area contributed by atoms with Crippen LogP contribution in [-0.2, 0) is 0 Å². The number of hydrogen-bond donors (Lipinski definition) is 0. The van der Waals surface area contributed by atoms with Crippen LogP contribution in [0.3, 0.4) is 0 Å². The third kappa shape index (κ3) is 1.75. The molecule has 1 aromatic carbocycles. The van der Waals surface area contributed by atoms with Gasteiger partial charge in [-0.3, -0.25) is 9.97 Å². The first-order valence-electron chi connectivity index (χ1n) is 7.38. The maximum Gasteiger partial charge on any atom is 0.229 e. The molecule has 108 valence electrons. The van der Waals surface area contributed by atoms with E-state index in [0.717, 1.165) is 38.5 Å². The highest BCUT2D eigenvalue weighted by Gasteiger charge is 2.16. The summed E-state index contributed by atoms with van der Waals surface area (Å²) in [7, 11) is 0. The van der Waals surface area contributed by atoms with E-state index in [4.69, 9.17) is 4.42 Å². The van der Waals surface area contributed by atoms with E-state index in [1.54, 1.807) is 12.4 Å². The van der Waals surface area contributed by atoms with Crippen molar-refractivity contribution in [2.45, 2.75) is 0 Å². The molecule has 5 rings (SSSR count). The van der Waals surface area contributed by atoms with Crippen LogP contribution in [0.2, 0.25) is 0 Å². The molecule has 0 fully saturated rings. The molecule has 0 saturated heterocycles. The molecular weight excluding hydrogens is 286 g/mol. The zero-order chi connectivity index (χ0) is 15.2. The summed E-state index contributed by atoms with van der Waals surface area (Å²) in [4.78, 5) is 13.4. The maximum absolute atomic E-state index is 5.83. The topological polar surface area (TPSA) is 51.8 Å². The molecule has 0 aliphatic rings. The number of hydrogen-bond acceptors (Lipinski definition) is 4. The van der Waals surface area contributed by atoms with Crippen molar-refractivity contribution in [2.75, 3.05) is 0 Å². The smallest absolute Gasteiger partial charge is 0.229 e. The Morgan fingerprint density at radius 3 is 2.65 bits per heavy atom. The van der Waals surface area contributed by atoms with Gasteiger partial charge in [0.2, 0.25) is 5.71 Å². The van der Waals surface area contributed by atoms with E-state index >= 15 is 0 Å². The second-order valence-corrected chi connectivity index (χ2v) is 5.37. The summed E-state index contributed by atoms with van der Waals surface area (Å²) in [6.07, 6.45) is 5.35. The molecule has 0 bridgehead atoms. The second kappa shape index (κ2) is 4.61. The molecule has 5 aromatic rings. The predicted molar refractivity (Wildman–Crippen MR) is 90.0 cm³/mol. The lowest BCUT2D eigenvalue weighted by atomic mass is 10.0. The summed E-state index contributed by atoms with van der Waals surface area (Å²) in [6, 6.07) is 16.0. The van der Waals surface area contributed by atoms with Gasteiger partial charge in [0.05, 0.1) is 11.1 Å². The van der Waals surface area contributed by atoms with Gasteiger partial charge in [-0.25, -0.2) is 4.98 Å². The molecule has 4 heterocycles. The van der Waals surface area contributed by atoms with Crippen molar-refractivity contribution in [3.05, 3.63) is 67.1 Å². The van der Waals surface area contributed by atoms with E-state index in [0.29, 0.717) is 5.71 Å². The predicted octanol–water partition coefficient (Wildman–Crippen LogP) is 4.59. The third-order valence-corrected chi connectivity index (χ3v) is 4.06. The van der Waals surface area contributed by atoms with E-state index in [9.17, 15) is 0 Å². The van der Waals surface area contributed by atoms with Crippen LogP contribution in [0, 0.1) is 0 Å². The van der Waals surface area contributed by atoms with Crippen molar-refractivity contribution in [1.82, 2.24) is 15.0 Å². The van der Waals surface area contributed by atoms with Crippen LogP contribution in [0.25, 0.3) is 44.2 Å². The summed E-state index contributed by atoms with van der Waals surface area (Å²) in [6.45, 7) is 0. The molecule has 0 saturated carbocycles. The zero-order valence-electron chi connectivity index (χ0n) is 12.1. The fourth-order valence-electron chi connectivity index (χ4n) is 3.05. The molecule has 0 amide bonds. The van der Waals surface area contributed by atoms with Gasteiger partial charge < -0.3 is 4.42 Å². The van der Waals surface area contributed by atoms with Crippen molar-refractivity contribution < 1.29 is 4.42 Å². The molecule has 0 spiro atoms. The van der Waals surface area contributed by atoms with Gasteiger partial charge in [-0.15, -0.1) is 0 Å². The van der Waals surface area contributed by atoms with Gasteiger partial charge in [-0.2, -0.15) is 0 Å². The quantitative estimate of drug-likeness (QED) is 0.454. The summed E-state index contributed by atoms with van der Waals surface area (Å²) in [5.41, 5.74) is 4.06. The van der Waals surface area contributed by atoms with Gasteiger partial charge in [-0.1, -0.05) is 24.3 Å². The number of aromatic nitrogens is 3. The number of fused-ring (bicyclic) bond motifs is 4. The Morgan fingerprint density at radius 1 is 0.739 bits per heavy atom. The Labute approximate surface area is 131 Å². The summed E-state index contributed by atoms with van der Waals surface area (Å²) >= 11 is 0. The SMILES string of the molecule is c1ccc2c(-c3ccnc4oc5cccnc5c34)nccc2c1. The Balaban J connectivity index is 1.96. The van der Waals surface area contributed by atoms with Crippen molar-refractivity contribution in [2.24, 2.45) is 0 Å². The molecule has 0 radical (unpaired) electrons. The number of furan rings is 1. The number of rotatable bonds is 1. The summed E-state index contributed by atoms with van der Waals surface area (Å²) in [5.74, 6) is 0. The minimum atomic E-state index is 0.589. The monoisotopic (exact) mass is 297 g/mol. The first-order valence-corrected chi connectivity index (χ1v) is 7.38. The molecule has 0 aliphatic carbocycles. The van der Waals surface area contributed by atoms with Crippen LogP contribution in [0.5, 0.6) is 0 Å². The second-order valence-electron chi connectivity index (χ2n) is 5.37. The Hall–Kier alpha value is -3.27. The Kier molecular flexibility index (Phi) is 2.46. The summed E-state index contributed by atoms with van der Waals surface area (Å²) in [5, 5.41) is 3.17. The van der Waals surface area contributed by atoms with Gasteiger partial charge in [0.25, 0.3) is 0 Å². The van der Waals surface area contributed by atoms with E-state index in [1.165, 1.54) is 0 Å². The minimum absolute atomic E-state index is 0.589. The Morgan fingerprint density at radius 2 is 1.65 bits per heavy atom. The highest BCUT2D eigenvalue weighted by atomic mass is 16.3. The number of pyridine rings is 3. The van der Waals surface area contributed by atoms with Crippen LogP contribution < -0.4 is 0 Å². The largest absolute Gasteiger partial charge is 0.436 e. The van der Waals surface area contributed by atoms with Gasteiger partial charge >= 0.3 is 0 Å². The van der Waals surface area contributed by atoms with Crippen LogP contribution in [-0.4, -0.2) is 15.0 Å². The van der Waals surface area contributed by atoms with Crippen molar-refractivity contribution in [1.29, 1.82) is 0 Å². The molecule has 23 heavy (non-hydrogen) atoms. The van der Waals surface area contributed by atoms with Gasteiger partial charge in [0.1, 0.15) is 5.52 Å².